The van der Waals surface area contributed by atoms with E-state index in [9.17, 15) is 14.4 Å². The fourth-order valence-corrected chi connectivity index (χ4v) is 1.65. The summed E-state index contributed by atoms with van der Waals surface area (Å²) in [7, 11) is 0. The summed E-state index contributed by atoms with van der Waals surface area (Å²) in [5.74, 6) is -2.13. The highest BCUT2D eigenvalue weighted by atomic mass is 16.4. The Kier molecular flexibility index (Phi) is 3.18. The van der Waals surface area contributed by atoms with Crippen molar-refractivity contribution >= 4 is 17.8 Å². The Bertz CT molecular complexity index is 490. The number of carboxylic acids is 1. The molecular formula is C10H10N4O4. The number of carboxylic acid groups (broad SMARTS) is 1. The summed E-state index contributed by atoms with van der Waals surface area (Å²) in [5, 5.41) is 11.4. The molecule has 8 nitrogen and oxygen atoms in total. The highest BCUT2D eigenvalue weighted by Gasteiger charge is 2.35. The van der Waals surface area contributed by atoms with Gasteiger partial charge in [0.05, 0.1) is 5.56 Å². The molecule has 0 aliphatic carbocycles. The summed E-state index contributed by atoms with van der Waals surface area (Å²) in [6, 6.07) is -1.07. The molecule has 1 unspecified atom stereocenters. The number of piperazine rings is 1. The van der Waals surface area contributed by atoms with Gasteiger partial charge in [-0.1, -0.05) is 0 Å². The summed E-state index contributed by atoms with van der Waals surface area (Å²) in [6.45, 7) is -0.391. The lowest BCUT2D eigenvalue weighted by atomic mass is 10.1. The first-order valence-electron chi connectivity index (χ1n) is 5.15. The largest absolute Gasteiger partial charge is 0.480 e. The van der Waals surface area contributed by atoms with Crippen LogP contribution in [0, 0.1) is 0 Å². The Balaban J connectivity index is 2.25. The van der Waals surface area contributed by atoms with Gasteiger partial charge in [0.25, 0.3) is 5.91 Å². The summed E-state index contributed by atoms with van der Waals surface area (Å²) in [4.78, 5) is 42.7. The van der Waals surface area contributed by atoms with Crippen LogP contribution in [0.3, 0.4) is 0 Å². The predicted octanol–water partition coefficient (Wildman–Crippen LogP) is -1.50. The molecule has 0 bridgehead atoms. The van der Waals surface area contributed by atoms with Gasteiger partial charge in [0.15, 0.2) is 0 Å². The van der Waals surface area contributed by atoms with Gasteiger partial charge in [-0.15, -0.1) is 0 Å². The van der Waals surface area contributed by atoms with Crippen LogP contribution in [-0.2, 0) is 9.59 Å². The Morgan fingerprint density at radius 2 is 2.06 bits per heavy atom. The summed E-state index contributed by atoms with van der Waals surface area (Å²) in [5.41, 5.74) is 0.151. The SMILES string of the molecule is O=C1CN(C(=O)c2cncnc2)C(C(=O)O)CN1. The molecule has 1 fully saturated rings. The van der Waals surface area contributed by atoms with E-state index in [1.807, 2.05) is 0 Å². The van der Waals surface area contributed by atoms with Crippen LogP contribution in [0.5, 0.6) is 0 Å². The van der Waals surface area contributed by atoms with Gasteiger partial charge in [0, 0.05) is 18.9 Å². The summed E-state index contributed by atoms with van der Waals surface area (Å²) < 4.78 is 0. The van der Waals surface area contributed by atoms with Gasteiger partial charge in [-0.3, -0.25) is 9.59 Å². The van der Waals surface area contributed by atoms with E-state index in [0.717, 1.165) is 4.90 Å². The third-order valence-corrected chi connectivity index (χ3v) is 2.54. The number of aromatic nitrogens is 2. The number of amides is 2. The molecule has 1 atom stereocenters. The first kappa shape index (κ1) is 12.0. The molecule has 0 spiro atoms. The number of hydrogen-bond donors (Lipinski definition) is 2. The number of hydrogen-bond acceptors (Lipinski definition) is 5. The predicted molar refractivity (Wildman–Crippen MR) is 57.5 cm³/mol. The average Bonchev–Trinajstić information content (AvgIpc) is 2.38. The quantitative estimate of drug-likeness (QED) is 0.660. The van der Waals surface area contributed by atoms with Gasteiger partial charge in [-0.05, 0) is 0 Å². The Labute approximate surface area is 102 Å². The Morgan fingerprint density at radius 3 is 2.67 bits per heavy atom. The summed E-state index contributed by atoms with van der Waals surface area (Å²) >= 11 is 0. The lowest BCUT2D eigenvalue weighted by Gasteiger charge is -2.32. The van der Waals surface area contributed by atoms with Gasteiger partial charge < -0.3 is 15.3 Å². The number of nitrogens with zero attached hydrogens (tertiary/aromatic N) is 3. The normalized spacial score (nSPS) is 19.2. The third-order valence-electron chi connectivity index (χ3n) is 2.54. The van der Waals surface area contributed by atoms with E-state index in [4.69, 9.17) is 5.11 Å². The van der Waals surface area contributed by atoms with Crippen molar-refractivity contribution in [2.45, 2.75) is 6.04 Å². The minimum absolute atomic E-state index is 0.104. The van der Waals surface area contributed by atoms with Gasteiger partial charge in [-0.2, -0.15) is 0 Å². The van der Waals surface area contributed by atoms with Crippen molar-refractivity contribution < 1.29 is 19.5 Å². The van der Waals surface area contributed by atoms with Crippen molar-refractivity contribution in [1.82, 2.24) is 20.2 Å². The third kappa shape index (κ3) is 2.26. The number of carbonyl (C=O) groups excluding carboxylic acids is 2. The van der Waals surface area contributed by atoms with E-state index in [1.54, 1.807) is 0 Å². The molecule has 2 rings (SSSR count). The molecule has 2 N–H and O–H groups in total. The zero-order valence-electron chi connectivity index (χ0n) is 9.24. The van der Waals surface area contributed by atoms with Crippen LogP contribution in [0.4, 0.5) is 0 Å². The molecule has 1 saturated heterocycles. The highest BCUT2D eigenvalue weighted by molar-refractivity contribution is 5.99. The Hall–Kier alpha value is -2.51. The smallest absolute Gasteiger partial charge is 0.328 e. The van der Waals surface area contributed by atoms with Gasteiger partial charge >= 0.3 is 5.97 Å². The molecule has 2 heterocycles. The average molecular weight is 250 g/mol. The highest BCUT2D eigenvalue weighted by Crippen LogP contribution is 2.09. The molecule has 1 aliphatic heterocycles. The van der Waals surface area contributed by atoms with Gasteiger partial charge in [0.2, 0.25) is 5.91 Å². The van der Waals surface area contributed by atoms with Crippen LogP contribution in [0.15, 0.2) is 18.7 Å². The molecular weight excluding hydrogens is 240 g/mol. The van der Waals surface area contributed by atoms with Crippen LogP contribution in [0.25, 0.3) is 0 Å². The molecule has 8 heteroatoms. The minimum atomic E-state index is -1.17. The first-order valence-corrected chi connectivity index (χ1v) is 5.15. The van der Waals surface area contributed by atoms with Crippen molar-refractivity contribution in [3.8, 4) is 0 Å². The maximum atomic E-state index is 12.1. The molecule has 1 aromatic rings. The fourth-order valence-electron chi connectivity index (χ4n) is 1.65. The van der Waals surface area contributed by atoms with Crippen LogP contribution in [-0.4, -0.2) is 56.9 Å². The van der Waals surface area contributed by atoms with Crippen molar-refractivity contribution in [2.75, 3.05) is 13.1 Å². The molecule has 1 aromatic heterocycles. The molecule has 2 amide bonds. The van der Waals surface area contributed by atoms with E-state index < -0.39 is 23.8 Å². The molecule has 94 valence electrons. The second-order valence-corrected chi connectivity index (χ2v) is 3.72. The minimum Gasteiger partial charge on any atom is -0.480 e. The molecule has 0 radical (unpaired) electrons. The van der Waals surface area contributed by atoms with Gasteiger partial charge in [0.1, 0.15) is 18.9 Å². The molecule has 0 aromatic carbocycles. The lowest BCUT2D eigenvalue weighted by Crippen LogP contribution is -2.59. The maximum Gasteiger partial charge on any atom is 0.328 e. The van der Waals surface area contributed by atoms with Crippen LogP contribution >= 0.6 is 0 Å². The van der Waals surface area contributed by atoms with Crippen LogP contribution in [0.2, 0.25) is 0 Å². The second kappa shape index (κ2) is 4.78. The zero-order valence-corrected chi connectivity index (χ0v) is 9.24. The molecule has 0 saturated carbocycles. The second-order valence-electron chi connectivity index (χ2n) is 3.72. The van der Waals surface area contributed by atoms with E-state index >= 15 is 0 Å². The van der Waals surface area contributed by atoms with E-state index in [0.29, 0.717) is 0 Å². The topological polar surface area (TPSA) is 112 Å². The molecule has 18 heavy (non-hydrogen) atoms. The summed E-state index contributed by atoms with van der Waals surface area (Å²) in [6.07, 6.45) is 3.82. The standard InChI is InChI=1S/C10H10N4O4/c15-8-4-14(7(3-13-8)10(17)18)9(16)6-1-11-5-12-2-6/h1-2,5,7H,3-4H2,(H,13,15)(H,17,18). The van der Waals surface area contributed by atoms with E-state index in [2.05, 4.69) is 15.3 Å². The molecule has 1 aliphatic rings. The van der Waals surface area contributed by atoms with Crippen molar-refractivity contribution in [3.63, 3.8) is 0 Å². The lowest BCUT2D eigenvalue weighted by molar-refractivity contribution is -0.144. The first-order chi connectivity index (χ1) is 8.59. The monoisotopic (exact) mass is 250 g/mol. The van der Waals surface area contributed by atoms with Crippen molar-refractivity contribution in [3.05, 3.63) is 24.3 Å². The van der Waals surface area contributed by atoms with Crippen molar-refractivity contribution in [2.24, 2.45) is 0 Å². The van der Waals surface area contributed by atoms with Crippen molar-refractivity contribution in [1.29, 1.82) is 0 Å². The van der Waals surface area contributed by atoms with E-state index in [-0.39, 0.29) is 18.7 Å². The Morgan fingerprint density at radius 1 is 1.39 bits per heavy atom. The van der Waals surface area contributed by atoms with Crippen LogP contribution < -0.4 is 5.32 Å². The fraction of sp³-hybridized carbons (Fsp3) is 0.300. The van der Waals surface area contributed by atoms with E-state index in [1.165, 1.54) is 18.7 Å². The number of aliphatic carboxylic acids is 1. The zero-order chi connectivity index (χ0) is 13.1. The number of carbonyl (C=O) groups is 3. The number of nitrogens with one attached hydrogen (secondary N) is 1. The van der Waals surface area contributed by atoms with Gasteiger partial charge in [-0.25, -0.2) is 14.8 Å². The van der Waals surface area contributed by atoms with Crippen LogP contribution in [0.1, 0.15) is 10.4 Å². The maximum absolute atomic E-state index is 12.1. The number of rotatable bonds is 2.